The van der Waals surface area contributed by atoms with Crippen LogP contribution >= 0.6 is 11.8 Å². The second-order valence-electron chi connectivity index (χ2n) is 5.11. The van der Waals surface area contributed by atoms with E-state index in [-0.39, 0.29) is 0 Å². The Morgan fingerprint density at radius 3 is 2.50 bits per heavy atom. The molecule has 0 amide bonds. The van der Waals surface area contributed by atoms with Gasteiger partial charge in [0.15, 0.2) is 0 Å². The first kappa shape index (κ1) is 17.8. The van der Waals surface area contributed by atoms with E-state index in [1.807, 2.05) is 73.4 Å². The average Bonchev–Trinajstić information content (AvgIpc) is 2.63. The van der Waals surface area contributed by atoms with Gasteiger partial charge in [0.1, 0.15) is 5.03 Å². The van der Waals surface area contributed by atoms with Crippen LogP contribution in [0, 0.1) is 0 Å². The highest BCUT2D eigenvalue weighted by atomic mass is 32.2. The van der Waals surface area contributed by atoms with Gasteiger partial charge in [0.2, 0.25) is 0 Å². The van der Waals surface area contributed by atoms with Crippen LogP contribution in [0.1, 0.15) is 6.92 Å². The van der Waals surface area contributed by atoms with E-state index in [1.165, 1.54) is 11.8 Å². The van der Waals surface area contributed by atoms with Crippen LogP contribution in [0.2, 0.25) is 0 Å². The van der Waals surface area contributed by atoms with Gasteiger partial charge in [0.05, 0.1) is 28.3 Å². The van der Waals surface area contributed by atoms with Crippen LogP contribution in [-0.4, -0.2) is 29.0 Å². The second-order valence-corrected chi connectivity index (χ2v) is 6.21. The Morgan fingerprint density at radius 1 is 1.12 bits per heavy atom. The van der Waals surface area contributed by atoms with Crippen molar-refractivity contribution in [2.45, 2.75) is 11.9 Å². The molecule has 0 aliphatic heterocycles. The van der Waals surface area contributed by atoms with Crippen LogP contribution in [0.5, 0.6) is 0 Å². The molecule has 2 rings (SSSR count). The van der Waals surface area contributed by atoms with E-state index < -0.39 is 0 Å². The Kier molecular flexibility index (Phi) is 6.21. The molecule has 5 heteroatoms. The van der Waals surface area contributed by atoms with Crippen LogP contribution in [0.15, 0.2) is 89.6 Å². The van der Waals surface area contributed by atoms with E-state index in [9.17, 15) is 0 Å². The molecule has 0 unspecified atom stereocenters. The minimum atomic E-state index is 0.871. The molecule has 24 heavy (non-hydrogen) atoms. The highest BCUT2D eigenvalue weighted by Crippen LogP contribution is 2.30. The second kappa shape index (κ2) is 8.36. The van der Waals surface area contributed by atoms with Crippen LogP contribution in [0.3, 0.4) is 0 Å². The molecule has 0 spiro atoms. The van der Waals surface area contributed by atoms with E-state index in [2.05, 4.69) is 23.1 Å². The zero-order chi connectivity index (χ0) is 17.5. The summed E-state index contributed by atoms with van der Waals surface area (Å²) in [6.45, 7) is 10.4. The zero-order valence-electron chi connectivity index (χ0n) is 14.3. The van der Waals surface area contributed by atoms with Crippen LogP contribution in [0.25, 0.3) is 0 Å². The molecule has 0 aliphatic carbocycles. The third kappa shape index (κ3) is 4.26. The molecule has 0 fully saturated rings. The summed E-state index contributed by atoms with van der Waals surface area (Å²) in [5.41, 5.74) is 2.84. The minimum absolute atomic E-state index is 0.871. The van der Waals surface area contributed by atoms with E-state index >= 15 is 0 Å². The summed E-state index contributed by atoms with van der Waals surface area (Å²) < 4.78 is 0. The van der Waals surface area contributed by atoms with E-state index in [4.69, 9.17) is 0 Å². The Labute approximate surface area is 148 Å². The maximum Gasteiger partial charge on any atom is 0.102 e. The summed E-state index contributed by atoms with van der Waals surface area (Å²) in [5, 5.41) is 1.79. The van der Waals surface area contributed by atoms with E-state index in [0.29, 0.717) is 0 Å². The normalized spacial score (nSPS) is 11.0. The molecule has 0 saturated carbocycles. The Bertz CT molecular complexity index is 726. The molecule has 2 heterocycles. The predicted molar refractivity (Wildman–Crippen MR) is 103 cm³/mol. The van der Waals surface area contributed by atoms with Crippen molar-refractivity contribution < 1.29 is 0 Å². The van der Waals surface area contributed by atoms with Crippen LogP contribution in [-0.2, 0) is 0 Å². The van der Waals surface area contributed by atoms with E-state index in [0.717, 1.165) is 27.1 Å². The van der Waals surface area contributed by atoms with Crippen molar-refractivity contribution in [2.24, 2.45) is 0 Å². The smallest absolute Gasteiger partial charge is 0.102 e. The van der Waals surface area contributed by atoms with Crippen molar-refractivity contribution in [3.63, 3.8) is 0 Å². The maximum atomic E-state index is 4.33. The number of hydrogen-bond acceptors (Lipinski definition) is 5. The Morgan fingerprint density at radius 2 is 1.92 bits per heavy atom. The molecule has 124 valence electrons. The lowest BCUT2D eigenvalue weighted by atomic mass is 10.2. The summed E-state index contributed by atoms with van der Waals surface area (Å²) in [6, 6.07) is 9.75. The quantitative estimate of drug-likeness (QED) is 0.547. The molecule has 0 aliphatic rings. The minimum Gasteiger partial charge on any atom is -0.342 e. The monoisotopic (exact) mass is 338 g/mol. The lowest BCUT2D eigenvalue weighted by Crippen LogP contribution is -2.25. The van der Waals surface area contributed by atoms with Gasteiger partial charge in [-0.15, -0.1) is 0 Å². The summed E-state index contributed by atoms with van der Waals surface area (Å²) in [7, 11) is 3.96. The molecule has 4 nitrogen and oxygen atoms in total. The number of likely N-dealkylation sites (N-methyl/N-ethyl adjacent to an activating group) is 2. The molecular formula is C19H22N4S. The summed E-state index contributed by atoms with van der Waals surface area (Å²) >= 11 is 1.53. The topological polar surface area (TPSA) is 32.3 Å². The molecule has 2 aromatic heterocycles. The van der Waals surface area contributed by atoms with Gasteiger partial charge in [0, 0.05) is 26.5 Å². The number of rotatable bonds is 7. The van der Waals surface area contributed by atoms with Gasteiger partial charge >= 0.3 is 0 Å². The van der Waals surface area contributed by atoms with Crippen molar-refractivity contribution in [2.75, 3.05) is 19.0 Å². The van der Waals surface area contributed by atoms with Crippen LogP contribution < -0.4 is 4.90 Å². The standard InChI is InChI=1S/C19H22N4S/c1-6-18(15(2)22(4)17-10-9-12-20-14-17)23(5)16(3)24-19-11-7-8-13-21-19/h6-14H,2-3H2,1,4-5H3/b18-6-. The highest BCUT2D eigenvalue weighted by molar-refractivity contribution is 8.02. The highest BCUT2D eigenvalue weighted by Gasteiger charge is 2.16. The number of hydrogen-bond donors (Lipinski definition) is 0. The van der Waals surface area contributed by atoms with Crippen molar-refractivity contribution >= 4 is 17.4 Å². The summed E-state index contributed by atoms with van der Waals surface area (Å²) in [6.07, 6.45) is 7.38. The summed E-state index contributed by atoms with van der Waals surface area (Å²) in [4.78, 5) is 12.5. The van der Waals surface area contributed by atoms with Gasteiger partial charge < -0.3 is 9.80 Å². The summed E-state index contributed by atoms with van der Waals surface area (Å²) in [5.74, 6) is 0. The molecule has 0 saturated heterocycles. The fourth-order valence-electron chi connectivity index (χ4n) is 2.16. The Balaban J connectivity index is 2.12. The van der Waals surface area contributed by atoms with E-state index in [1.54, 1.807) is 12.4 Å². The van der Waals surface area contributed by atoms with Gasteiger partial charge in [0.25, 0.3) is 0 Å². The number of pyridine rings is 2. The largest absolute Gasteiger partial charge is 0.342 e. The maximum absolute atomic E-state index is 4.33. The average molecular weight is 338 g/mol. The molecule has 0 radical (unpaired) electrons. The van der Waals surface area contributed by atoms with Gasteiger partial charge in [-0.05, 0) is 31.2 Å². The molecule has 2 aromatic rings. The SMILES string of the molecule is C=C(Sc1ccccn1)N(C)/C(=C\C)C(=C)N(C)c1cccnc1. The fraction of sp³-hybridized carbons (Fsp3) is 0.158. The molecule has 0 aromatic carbocycles. The lowest BCUT2D eigenvalue weighted by molar-refractivity contribution is 0.562. The number of thioether (sulfide) groups is 1. The first-order valence-electron chi connectivity index (χ1n) is 7.55. The van der Waals surface area contributed by atoms with Crippen LogP contribution in [0.4, 0.5) is 5.69 Å². The number of allylic oxidation sites excluding steroid dienone is 1. The molecular weight excluding hydrogens is 316 g/mol. The van der Waals surface area contributed by atoms with Crippen molar-refractivity contribution in [1.29, 1.82) is 0 Å². The predicted octanol–water partition coefficient (Wildman–Crippen LogP) is 4.53. The zero-order valence-corrected chi connectivity index (χ0v) is 15.1. The molecule has 0 bridgehead atoms. The van der Waals surface area contributed by atoms with Crippen molar-refractivity contribution in [1.82, 2.24) is 14.9 Å². The number of aromatic nitrogens is 2. The fourth-order valence-corrected chi connectivity index (χ4v) is 2.90. The number of anilines is 1. The lowest BCUT2D eigenvalue weighted by Gasteiger charge is -2.30. The van der Waals surface area contributed by atoms with Crippen molar-refractivity contribution in [3.8, 4) is 0 Å². The first-order chi connectivity index (χ1) is 11.5. The van der Waals surface area contributed by atoms with Crippen molar-refractivity contribution in [3.05, 3.63) is 84.6 Å². The van der Waals surface area contributed by atoms with Gasteiger partial charge in [-0.2, -0.15) is 0 Å². The van der Waals surface area contributed by atoms with Gasteiger partial charge in [-0.3, -0.25) is 4.98 Å². The Hall–Kier alpha value is -2.53. The van der Waals surface area contributed by atoms with Gasteiger partial charge in [-0.25, -0.2) is 4.98 Å². The third-order valence-electron chi connectivity index (χ3n) is 3.60. The van der Waals surface area contributed by atoms with Gasteiger partial charge in [-0.1, -0.05) is 37.1 Å². The third-order valence-corrected chi connectivity index (χ3v) is 4.56. The molecule has 0 N–H and O–H groups in total. The molecule has 0 atom stereocenters. The number of nitrogens with zero attached hydrogens (tertiary/aromatic N) is 4. The first-order valence-corrected chi connectivity index (χ1v) is 8.37.